The third-order valence-corrected chi connectivity index (χ3v) is 6.07. The van der Waals surface area contributed by atoms with Gasteiger partial charge < -0.3 is 14.6 Å². The molecule has 0 aliphatic heterocycles. The lowest BCUT2D eigenvalue weighted by Gasteiger charge is -2.17. The van der Waals surface area contributed by atoms with Crippen molar-refractivity contribution in [1.29, 1.82) is 0 Å². The van der Waals surface area contributed by atoms with Crippen molar-refractivity contribution in [2.24, 2.45) is 0 Å². The molecule has 6 nitrogen and oxygen atoms in total. The lowest BCUT2D eigenvalue weighted by atomic mass is 10.2. The Kier molecular flexibility index (Phi) is 8.39. The molecular weight excluding hydrogens is 505 g/mol. The number of anilines is 1. The van der Waals surface area contributed by atoms with Crippen LogP contribution in [-0.2, 0) is 17.2 Å². The first kappa shape index (κ1) is 26.5. The van der Waals surface area contributed by atoms with E-state index in [0.29, 0.717) is 17.1 Å². The highest BCUT2D eigenvalue weighted by Crippen LogP contribution is 2.33. The van der Waals surface area contributed by atoms with Crippen LogP contribution in [0.5, 0.6) is 5.75 Å². The number of nitrogens with zero attached hydrogens (tertiary/aromatic N) is 1. The van der Waals surface area contributed by atoms with Gasteiger partial charge in [0.15, 0.2) is 5.75 Å². The zero-order valence-electron chi connectivity index (χ0n) is 19.0. The summed E-state index contributed by atoms with van der Waals surface area (Å²) in [6.45, 7) is -0.174. The van der Waals surface area contributed by atoms with Crippen molar-refractivity contribution in [2.45, 2.75) is 33.1 Å². The molecule has 186 valence electrons. The van der Waals surface area contributed by atoms with Gasteiger partial charge in [-0.1, -0.05) is 11.6 Å². The summed E-state index contributed by atoms with van der Waals surface area (Å²) in [7, 11) is -1.67. The summed E-state index contributed by atoms with van der Waals surface area (Å²) >= 11 is 5.95. The summed E-state index contributed by atoms with van der Waals surface area (Å²) in [5.41, 5.74) is 1.71. The number of carbonyl (C=O) groups is 2. The molecule has 3 rings (SSSR count). The smallest absolute Gasteiger partial charge is 0.387 e. The van der Waals surface area contributed by atoms with Crippen LogP contribution in [0.15, 0.2) is 48.5 Å². The largest absolute Gasteiger partial charge is 0.433 e. The molecule has 0 aliphatic carbocycles. The van der Waals surface area contributed by atoms with Gasteiger partial charge in [0.2, 0.25) is 5.12 Å². The molecule has 2 atom stereocenters. The fourth-order valence-corrected chi connectivity index (χ4v) is 4.22. The molecule has 0 spiro atoms. The summed E-state index contributed by atoms with van der Waals surface area (Å²) in [5.74, 6) is -0.753. The third kappa shape index (κ3) is 6.32. The number of amides is 1. The van der Waals surface area contributed by atoms with Crippen molar-refractivity contribution in [3.63, 3.8) is 0 Å². The molecule has 0 saturated carbocycles. The summed E-state index contributed by atoms with van der Waals surface area (Å²) in [6, 6.07) is 11.5. The van der Waals surface area contributed by atoms with Gasteiger partial charge in [-0.25, -0.2) is 4.39 Å². The molecule has 35 heavy (non-hydrogen) atoms. The van der Waals surface area contributed by atoms with Gasteiger partial charge in [0.1, 0.15) is 6.17 Å². The van der Waals surface area contributed by atoms with Crippen molar-refractivity contribution in [3.8, 4) is 11.4 Å². The standard InChI is InChI=1S/C24H22ClF3N2O4S/c1-13(26)10-18-12-19(22(31)29-17-7-4-15(5-8-17)23(32)35(3)33)14(2)30(18)20-9-6-16(25)11-21(20)34-24(27)28/h4-9,11-13,24H,10H2,1-3H3,(H,29,31)/t13-,35?/m1/s1. The number of alkyl halides is 3. The molecular formula is C24H22ClF3N2O4S. The van der Waals surface area contributed by atoms with E-state index in [9.17, 15) is 27.0 Å². The SMILES string of the molecule is Cc1c(C(=O)Nc2ccc(C(=O)S(C)=O)cc2)cc(C[C@@H](C)F)n1-c1ccc(Cl)cc1OC(F)F. The van der Waals surface area contributed by atoms with E-state index in [4.69, 9.17) is 11.6 Å². The highest BCUT2D eigenvalue weighted by atomic mass is 35.5. The number of halogens is 4. The van der Waals surface area contributed by atoms with Gasteiger partial charge in [-0.3, -0.25) is 13.8 Å². The third-order valence-electron chi connectivity index (χ3n) is 5.08. The number of nitrogens with one attached hydrogen (secondary N) is 1. The van der Waals surface area contributed by atoms with Crippen LogP contribution in [0.2, 0.25) is 5.02 Å². The average molecular weight is 527 g/mol. The fourth-order valence-electron chi connectivity index (χ4n) is 3.59. The van der Waals surface area contributed by atoms with Crippen LogP contribution in [0.25, 0.3) is 5.69 Å². The van der Waals surface area contributed by atoms with E-state index in [2.05, 4.69) is 10.1 Å². The molecule has 1 unspecified atom stereocenters. The van der Waals surface area contributed by atoms with E-state index in [1.54, 1.807) is 6.92 Å². The minimum Gasteiger partial charge on any atom is -0.433 e. The van der Waals surface area contributed by atoms with Crippen molar-refractivity contribution >= 4 is 39.1 Å². The molecule has 11 heteroatoms. The number of hydrogen-bond acceptors (Lipinski definition) is 4. The topological polar surface area (TPSA) is 77.4 Å². The number of benzene rings is 2. The second kappa shape index (κ2) is 11.1. The highest BCUT2D eigenvalue weighted by Gasteiger charge is 2.23. The van der Waals surface area contributed by atoms with Gasteiger partial charge in [0, 0.05) is 46.4 Å². The Hall–Kier alpha value is -3.11. The molecule has 1 heterocycles. The maximum absolute atomic E-state index is 14.0. The van der Waals surface area contributed by atoms with Crippen molar-refractivity contribution < 1.29 is 31.7 Å². The second-order valence-corrected chi connectivity index (χ2v) is 9.43. The number of aromatic nitrogens is 1. The van der Waals surface area contributed by atoms with Gasteiger partial charge in [0.25, 0.3) is 5.91 Å². The molecule has 0 bridgehead atoms. The van der Waals surface area contributed by atoms with Crippen LogP contribution in [0, 0.1) is 6.92 Å². The van der Waals surface area contributed by atoms with E-state index in [-0.39, 0.29) is 34.0 Å². The Balaban J connectivity index is 2.00. The monoisotopic (exact) mass is 526 g/mol. The van der Waals surface area contributed by atoms with Crippen molar-refractivity contribution in [3.05, 3.63) is 76.1 Å². The molecule has 1 amide bonds. The Morgan fingerprint density at radius 2 is 1.77 bits per heavy atom. The van der Waals surface area contributed by atoms with Crippen LogP contribution >= 0.6 is 11.6 Å². The molecule has 1 N–H and O–H groups in total. The maximum Gasteiger partial charge on any atom is 0.387 e. The molecule has 1 aromatic heterocycles. The van der Waals surface area contributed by atoms with Crippen LogP contribution in [-0.4, -0.2) is 38.8 Å². The minimum atomic E-state index is -3.12. The molecule has 0 fully saturated rings. The predicted octanol–water partition coefficient (Wildman–Crippen LogP) is 5.71. The van der Waals surface area contributed by atoms with Gasteiger partial charge in [-0.15, -0.1) is 0 Å². The van der Waals surface area contributed by atoms with E-state index in [1.807, 2.05) is 0 Å². The fraction of sp³-hybridized carbons (Fsp3) is 0.250. The lowest BCUT2D eigenvalue weighted by molar-refractivity contribution is -0.0498. The number of ether oxygens (including phenoxy) is 1. The summed E-state index contributed by atoms with van der Waals surface area (Å²) in [6.07, 6.45) is -0.0878. The second-order valence-electron chi connectivity index (χ2n) is 7.72. The van der Waals surface area contributed by atoms with Gasteiger partial charge >= 0.3 is 6.61 Å². The molecule has 3 aromatic rings. The number of carbonyl (C=O) groups excluding carboxylic acids is 2. The normalized spacial score (nSPS) is 12.9. The first-order valence-electron chi connectivity index (χ1n) is 10.4. The average Bonchev–Trinajstić information content (AvgIpc) is 3.08. The van der Waals surface area contributed by atoms with Crippen LogP contribution < -0.4 is 10.1 Å². The Bertz CT molecular complexity index is 1280. The lowest BCUT2D eigenvalue weighted by Crippen LogP contribution is -2.14. The zero-order chi connectivity index (χ0) is 25.9. The van der Waals surface area contributed by atoms with E-state index < -0.39 is 34.6 Å². The molecule has 0 saturated heterocycles. The Labute approximate surface area is 207 Å². The van der Waals surface area contributed by atoms with E-state index in [0.717, 1.165) is 0 Å². The Morgan fingerprint density at radius 3 is 2.34 bits per heavy atom. The van der Waals surface area contributed by atoms with Crippen LogP contribution in [0.1, 0.15) is 39.0 Å². The predicted molar refractivity (Wildman–Crippen MR) is 129 cm³/mol. The minimum absolute atomic E-state index is 0.0875. The molecule has 2 aromatic carbocycles. The highest BCUT2D eigenvalue weighted by molar-refractivity contribution is 8.00. The summed E-state index contributed by atoms with van der Waals surface area (Å²) in [5, 5.41) is 2.32. The van der Waals surface area contributed by atoms with E-state index in [1.165, 1.54) is 66.3 Å². The number of rotatable bonds is 8. The van der Waals surface area contributed by atoms with Gasteiger partial charge in [-0.2, -0.15) is 8.78 Å². The van der Waals surface area contributed by atoms with Gasteiger partial charge in [-0.05, 0) is 56.3 Å². The summed E-state index contributed by atoms with van der Waals surface area (Å²) < 4.78 is 57.5. The van der Waals surface area contributed by atoms with Crippen LogP contribution in [0.4, 0.5) is 18.9 Å². The summed E-state index contributed by atoms with van der Waals surface area (Å²) in [4.78, 5) is 24.9. The number of hydrogen-bond donors (Lipinski definition) is 1. The first-order valence-corrected chi connectivity index (χ1v) is 12.3. The molecule has 0 aliphatic rings. The van der Waals surface area contributed by atoms with Crippen LogP contribution in [0.3, 0.4) is 0 Å². The van der Waals surface area contributed by atoms with E-state index >= 15 is 0 Å². The zero-order valence-corrected chi connectivity index (χ0v) is 20.6. The first-order chi connectivity index (χ1) is 16.5. The van der Waals surface area contributed by atoms with Crippen molar-refractivity contribution in [2.75, 3.05) is 11.6 Å². The maximum atomic E-state index is 14.0. The molecule has 0 radical (unpaired) electrons. The van der Waals surface area contributed by atoms with Gasteiger partial charge in [0.05, 0.1) is 22.1 Å². The Morgan fingerprint density at radius 1 is 1.11 bits per heavy atom. The van der Waals surface area contributed by atoms with Crippen molar-refractivity contribution in [1.82, 2.24) is 4.57 Å². The quantitative estimate of drug-likeness (QED) is 0.408.